The van der Waals surface area contributed by atoms with Crippen molar-refractivity contribution >= 4 is 17.7 Å². The van der Waals surface area contributed by atoms with Crippen molar-refractivity contribution in [3.05, 3.63) is 0 Å². The van der Waals surface area contributed by atoms with Gasteiger partial charge in [-0.1, -0.05) is 6.92 Å². The van der Waals surface area contributed by atoms with Crippen LogP contribution in [0.5, 0.6) is 0 Å². The molecular weight excluding hydrogens is 164 g/mol. The van der Waals surface area contributed by atoms with E-state index < -0.39 is 5.91 Å². The minimum Gasteiger partial charge on any atom is -0.368 e. The second kappa shape index (κ2) is 7.84. The fraction of sp³-hybridized carbons (Fsp3) is 0.833. The number of amides is 1. The molecule has 66 valence electrons. The highest BCUT2D eigenvalue weighted by Gasteiger charge is 1.92. The van der Waals surface area contributed by atoms with E-state index in [1.807, 2.05) is 11.8 Å². The Kier molecular flexibility index (Phi) is 7.66. The van der Waals surface area contributed by atoms with E-state index in [-0.39, 0.29) is 6.61 Å². The molecule has 0 saturated carbocycles. The second-order valence-corrected chi connectivity index (χ2v) is 3.24. The fourth-order valence-corrected chi connectivity index (χ4v) is 0.969. The number of hydrogen-bond acceptors (Lipinski definition) is 4. The van der Waals surface area contributed by atoms with Crippen LogP contribution >= 0.6 is 11.8 Å². The molecule has 11 heavy (non-hydrogen) atoms. The Hall–Kier alpha value is -0.260. The van der Waals surface area contributed by atoms with Gasteiger partial charge in [-0.2, -0.15) is 11.8 Å². The third kappa shape index (κ3) is 9.74. The van der Waals surface area contributed by atoms with Crippen LogP contribution in [0.2, 0.25) is 0 Å². The first-order chi connectivity index (χ1) is 5.27. The highest BCUT2D eigenvalue weighted by Crippen LogP contribution is 1.94. The highest BCUT2D eigenvalue weighted by atomic mass is 32.2. The van der Waals surface area contributed by atoms with E-state index in [1.54, 1.807) is 0 Å². The molecule has 0 aliphatic heterocycles. The van der Waals surface area contributed by atoms with E-state index >= 15 is 0 Å². The summed E-state index contributed by atoms with van der Waals surface area (Å²) in [6.45, 7) is 2.78. The molecule has 0 aromatic carbocycles. The Balaban J connectivity index is 2.85. The zero-order valence-corrected chi connectivity index (χ0v) is 7.45. The van der Waals surface area contributed by atoms with Crippen LogP contribution < -0.4 is 11.2 Å². The van der Waals surface area contributed by atoms with Crippen LogP contribution in [0.3, 0.4) is 0 Å². The van der Waals surface area contributed by atoms with Gasteiger partial charge in [0.1, 0.15) is 6.61 Å². The molecule has 0 atom stereocenters. The number of hydrogen-bond donors (Lipinski definition) is 2. The van der Waals surface area contributed by atoms with Crippen molar-refractivity contribution in [2.75, 3.05) is 24.7 Å². The van der Waals surface area contributed by atoms with Crippen LogP contribution in [-0.4, -0.2) is 30.6 Å². The molecule has 0 aromatic rings. The van der Waals surface area contributed by atoms with Gasteiger partial charge >= 0.3 is 0 Å². The van der Waals surface area contributed by atoms with Crippen molar-refractivity contribution in [1.29, 1.82) is 0 Å². The molecule has 0 radical (unpaired) electrons. The highest BCUT2D eigenvalue weighted by molar-refractivity contribution is 7.99. The second-order valence-electron chi connectivity index (χ2n) is 1.85. The van der Waals surface area contributed by atoms with Crippen LogP contribution in [0.4, 0.5) is 0 Å². The zero-order chi connectivity index (χ0) is 8.53. The third-order valence-corrected chi connectivity index (χ3v) is 1.77. The van der Waals surface area contributed by atoms with Crippen LogP contribution in [0.15, 0.2) is 0 Å². The van der Waals surface area contributed by atoms with Gasteiger partial charge in [-0.05, 0) is 5.75 Å². The molecular formula is C6H14N2O2S. The average molecular weight is 178 g/mol. The number of carbonyl (C=O) groups is 1. The van der Waals surface area contributed by atoms with E-state index in [2.05, 4.69) is 12.4 Å². The summed E-state index contributed by atoms with van der Waals surface area (Å²) in [6.07, 6.45) is 0. The smallest absolute Gasteiger partial charge is 0.245 e. The van der Waals surface area contributed by atoms with Crippen molar-refractivity contribution in [3.8, 4) is 0 Å². The van der Waals surface area contributed by atoms with Crippen molar-refractivity contribution in [1.82, 2.24) is 5.48 Å². The van der Waals surface area contributed by atoms with Crippen LogP contribution in [0.25, 0.3) is 0 Å². The molecule has 0 spiro atoms. The molecule has 5 heteroatoms. The summed E-state index contributed by atoms with van der Waals surface area (Å²) < 4.78 is 0. The van der Waals surface area contributed by atoms with E-state index in [1.165, 1.54) is 0 Å². The lowest BCUT2D eigenvalue weighted by molar-refractivity contribution is -0.125. The first kappa shape index (κ1) is 10.7. The molecule has 0 saturated heterocycles. The van der Waals surface area contributed by atoms with Gasteiger partial charge in [-0.3, -0.25) is 9.63 Å². The number of nitrogens with one attached hydrogen (secondary N) is 1. The number of rotatable bonds is 7. The molecule has 0 bridgehead atoms. The van der Waals surface area contributed by atoms with Crippen molar-refractivity contribution in [2.45, 2.75) is 6.92 Å². The number of nitrogens with two attached hydrogens (primary N) is 1. The molecule has 0 fully saturated rings. The van der Waals surface area contributed by atoms with Gasteiger partial charge in [0.2, 0.25) is 5.91 Å². The van der Waals surface area contributed by atoms with Crippen LogP contribution in [0, 0.1) is 0 Å². The predicted molar refractivity (Wildman–Crippen MR) is 46.1 cm³/mol. The zero-order valence-electron chi connectivity index (χ0n) is 6.63. The van der Waals surface area contributed by atoms with E-state index in [0.29, 0.717) is 0 Å². The monoisotopic (exact) mass is 178 g/mol. The van der Waals surface area contributed by atoms with E-state index in [4.69, 9.17) is 10.6 Å². The quantitative estimate of drug-likeness (QED) is 0.416. The summed E-state index contributed by atoms with van der Waals surface area (Å²) in [4.78, 5) is 14.8. The summed E-state index contributed by atoms with van der Waals surface area (Å²) in [5.41, 5.74) is 7.45. The molecule has 0 aromatic heterocycles. The molecule has 0 heterocycles. The van der Waals surface area contributed by atoms with Gasteiger partial charge < -0.3 is 5.73 Å². The van der Waals surface area contributed by atoms with Gasteiger partial charge in [0, 0.05) is 12.3 Å². The third-order valence-electron chi connectivity index (χ3n) is 0.869. The topological polar surface area (TPSA) is 64.3 Å². The molecule has 4 nitrogen and oxygen atoms in total. The summed E-state index contributed by atoms with van der Waals surface area (Å²) in [5.74, 6) is 1.62. The van der Waals surface area contributed by atoms with Crippen molar-refractivity contribution < 1.29 is 9.63 Å². The molecule has 1 amide bonds. The predicted octanol–water partition coefficient (Wildman–Crippen LogP) is -0.254. The first-order valence-corrected chi connectivity index (χ1v) is 4.63. The number of primary amides is 1. The van der Waals surface area contributed by atoms with E-state index in [0.717, 1.165) is 18.1 Å². The maximum absolute atomic E-state index is 10.1. The van der Waals surface area contributed by atoms with Crippen LogP contribution in [-0.2, 0) is 9.63 Å². The minimum atomic E-state index is -0.458. The molecule has 0 unspecified atom stereocenters. The van der Waals surface area contributed by atoms with Crippen LogP contribution in [0.1, 0.15) is 6.92 Å². The van der Waals surface area contributed by atoms with Gasteiger partial charge in [0.05, 0.1) is 0 Å². The molecule has 0 aliphatic carbocycles. The van der Waals surface area contributed by atoms with Gasteiger partial charge in [0.15, 0.2) is 0 Å². The fourth-order valence-electron chi connectivity index (χ4n) is 0.453. The maximum Gasteiger partial charge on any atom is 0.245 e. The van der Waals surface area contributed by atoms with E-state index in [9.17, 15) is 4.79 Å². The summed E-state index contributed by atoms with van der Waals surface area (Å²) >= 11 is 1.81. The largest absolute Gasteiger partial charge is 0.368 e. The average Bonchev–Trinajstić information content (AvgIpc) is 1.96. The Morgan fingerprint density at radius 2 is 2.45 bits per heavy atom. The standard InChI is InChI=1S/C6H14N2O2S/c1-2-11-4-3-8-10-5-6(7)9/h8H,2-5H2,1H3,(H2,7,9). The molecule has 3 N–H and O–H groups in total. The Morgan fingerprint density at radius 1 is 1.73 bits per heavy atom. The lowest BCUT2D eigenvalue weighted by Gasteiger charge is -2.01. The van der Waals surface area contributed by atoms with Crippen molar-refractivity contribution in [3.63, 3.8) is 0 Å². The summed E-state index contributed by atoms with van der Waals surface area (Å²) in [5, 5.41) is 0. The minimum absolute atomic E-state index is 0.0587. The Morgan fingerprint density at radius 3 is 3.00 bits per heavy atom. The maximum atomic E-state index is 10.1. The Labute approximate surface area is 70.8 Å². The summed E-state index contributed by atoms with van der Waals surface area (Å²) in [6, 6.07) is 0. The molecule has 0 aliphatic rings. The van der Waals surface area contributed by atoms with Gasteiger partial charge in [-0.25, -0.2) is 5.48 Å². The lowest BCUT2D eigenvalue weighted by Crippen LogP contribution is -2.26. The SMILES string of the molecule is CCSCCNOCC(N)=O. The van der Waals surface area contributed by atoms with Crippen molar-refractivity contribution in [2.24, 2.45) is 5.73 Å². The Bertz CT molecular complexity index is 111. The lowest BCUT2D eigenvalue weighted by atomic mass is 10.7. The number of carbonyl (C=O) groups excluding carboxylic acids is 1. The summed E-state index contributed by atoms with van der Waals surface area (Å²) in [7, 11) is 0. The number of hydroxylamine groups is 1. The number of thioether (sulfide) groups is 1. The molecule has 0 rings (SSSR count). The van der Waals surface area contributed by atoms with Gasteiger partial charge in [0.25, 0.3) is 0 Å². The normalized spacial score (nSPS) is 9.91. The first-order valence-electron chi connectivity index (χ1n) is 3.48. The van der Waals surface area contributed by atoms with Gasteiger partial charge in [-0.15, -0.1) is 0 Å².